The quantitative estimate of drug-likeness (QED) is 0.705. The number of fused-ring (bicyclic) bond motifs is 1. The van der Waals surface area contributed by atoms with Crippen molar-refractivity contribution in [1.29, 1.82) is 0 Å². The summed E-state index contributed by atoms with van der Waals surface area (Å²) in [7, 11) is 0. The molecule has 0 aromatic heterocycles. The third-order valence-electron chi connectivity index (χ3n) is 2.48. The third kappa shape index (κ3) is 1.23. The van der Waals surface area contributed by atoms with Crippen molar-refractivity contribution in [2.24, 2.45) is 5.92 Å². The molecule has 1 unspecified atom stereocenters. The second kappa shape index (κ2) is 3.08. The number of benzene rings is 1. The van der Waals surface area contributed by atoms with Crippen molar-refractivity contribution in [3.63, 3.8) is 0 Å². The predicted molar refractivity (Wildman–Crippen MR) is 49.4 cm³/mol. The van der Waals surface area contributed by atoms with Crippen LogP contribution in [0.25, 0.3) is 0 Å². The van der Waals surface area contributed by atoms with E-state index >= 15 is 0 Å². The summed E-state index contributed by atoms with van der Waals surface area (Å²) in [4.78, 5) is 0. The first-order chi connectivity index (χ1) is 5.81. The molecule has 1 aliphatic rings. The van der Waals surface area contributed by atoms with E-state index < -0.39 is 0 Å². The van der Waals surface area contributed by atoms with Gasteiger partial charge in [-0.25, -0.2) is 0 Å². The second-order valence-corrected chi connectivity index (χ2v) is 3.74. The maximum atomic E-state index is 8.99. The molecule has 12 heavy (non-hydrogen) atoms. The molecule has 1 atom stereocenters. The number of hydrogen-bond donors (Lipinski definition) is 1. The van der Waals surface area contributed by atoms with E-state index in [4.69, 9.17) is 16.7 Å². The lowest BCUT2D eigenvalue weighted by Gasteiger charge is -2.01. The molecule has 1 N–H and O–H groups in total. The minimum Gasteiger partial charge on any atom is -0.396 e. The first kappa shape index (κ1) is 8.09. The van der Waals surface area contributed by atoms with Gasteiger partial charge in [0, 0.05) is 11.6 Å². The van der Waals surface area contributed by atoms with E-state index in [0.717, 1.165) is 17.9 Å². The number of aliphatic hydroxyl groups excluding tert-OH is 1. The van der Waals surface area contributed by atoms with E-state index in [-0.39, 0.29) is 6.61 Å². The Morgan fingerprint density at radius 1 is 1.42 bits per heavy atom. The lowest BCUT2D eigenvalue weighted by molar-refractivity contribution is 0.232. The van der Waals surface area contributed by atoms with E-state index in [1.165, 1.54) is 11.1 Å². The van der Waals surface area contributed by atoms with Crippen molar-refractivity contribution < 1.29 is 5.11 Å². The Balaban J connectivity index is 2.35. The van der Waals surface area contributed by atoms with Gasteiger partial charge in [0.1, 0.15) is 0 Å². The molecule has 0 bridgehead atoms. The van der Waals surface area contributed by atoms with Gasteiger partial charge in [0.05, 0.1) is 0 Å². The first-order valence-corrected chi connectivity index (χ1v) is 4.56. The van der Waals surface area contributed by atoms with E-state index in [2.05, 4.69) is 6.07 Å². The molecule has 1 nitrogen and oxygen atoms in total. The van der Waals surface area contributed by atoms with Gasteiger partial charge in [-0.2, -0.15) is 0 Å². The molecule has 64 valence electrons. The largest absolute Gasteiger partial charge is 0.396 e. The lowest BCUT2D eigenvalue weighted by Crippen LogP contribution is -2.04. The van der Waals surface area contributed by atoms with E-state index in [1.54, 1.807) is 0 Å². The van der Waals surface area contributed by atoms with E-state index in [9.17, 15) is 0 Å². The molecular weight excluding hydrogens is 172 g/mol. The highest BCUT2D eigenvalue weighted by Gasteiger charge is 2.21. The average Bonchev–Trinajstić information content (AvgIpc) is 2.49. The minimum atomic E-state index is 0.269. The van der Waals surface area contributed by atoms with Crippen molar-refractivity contribution in [2.75, 3.05) is 6.61 Å². The summed E-state index contributed by atoms with van der Waals surface area (Å²) in [6, 6.07) is 5.98. The van der Waals surface area contributed by atoms with Crippen LogP contribution in [0.5, 0.6) is 0 Å². The van der Waals surface area contributed by atoms with Gasteiger partial charge < -0.3 is 5.11 Å². The summed E-state index contributed by atoms with van der Waals surface area (Å²) in [5.74, 6) is 0.389. The highest BCUT2D eigenvalue weighted by molar-refractivity contribution is 6.31. The van der Waals surface area contributed by atoms with Gasteiger partial charge in [-0.05, 0) is 36.0 Å². The molecule has 0 saturated heterocycles. The Hall–Kier alpha value is -0.530. The fourth-order valence-electron chi connectivity index (χ4n) is 1.82. The molecular formula is C10H11ClO. The van der Waals surface area contributed by atoms with Gasteiger partial charge >= 0.3 is 0 Å². The van der Waals surface area contributed by atoms with Gasteiger partial charge in [0.25, 0.3) is 0 Å². The van der Waals surface area contributed by atoms with Crippen LogP contribution in [0.4, 0.5) is 0 Å². The summed E-state index contributed by atoms with van der Waals surface area (Å²) >= 11 is 6.01. The van der Waals surface area contributed by atoms with Gasteiger partial charge in [-0.1, -0.05) is 23.7 Å². The van der Waals surface area contributed by atoms with Crippen molar-refractivity contribution in [3.8, 4) is 0 Å². The zero-order valence-corrected chi connectivity index (χ0v) is 7.51. The molecule has 0 heterocycles. The maximum absolute atomic E-state index is 8.99. The highest BCUT2D eigenvalue weighted by atomic mass is 35.5. The number of hydrogen-bond acceptors (Lipinski definition) is 1. The summed E-state index contributed by atoms with van der Waals surface area (Å²) in [6.07, 6.45) is 1.91. The van der Waals surface area contributed by atoms with Crippen molar-refractivity contribution in [2.45, 2.75) is 12.8 Å². The molecule has 2 rings (SSSR count). The molecule has 0 fully saturated rings. The zero-order valence-electron chi connectivity index (χ0n) is 6.76. The van der Waals surface area contributed by atoms with Crippen molar-refractivity contribution >= 4 is 11.6 Å². The van der Waals surface area contributed by atoms with Crippen LogP contribution in [-0.2, 0) is 12.8 Å². The fourth-order valence-corrected chi connectivity index (χ4v) is 2.10. The van der Waals surface area contributed by atoms with Crippen LogP contribution in [0.3, 0.4) is 0 Å². The van der Waals surface area contributed by atoms with Crippen LogP contribution < -0.4 is 0 Å². The van der Waals surface area contributed by atoms with Gasteiger partial charge in [-0.3, -0.25) is 0 Å². The van der Waals surface area contributed by atoms with Crippen molar-refractivity contribution in [1.82, 2.24) is 0 Å². The van der Waals surface area contributed by atoms with Gasteiger partial charge in [0.2, 0.25) is 0 Å². The summed E-state index contributed by atoms with van der Waals surface area (Å²) < 4.78 is 0. The molecule has 0 spiro atoms. The van der Waals surface area contributed by atoms with Crippen LogP contribution in [0.1, 0.15) is 11.1 Å². The lowest BCUT2D eigenvalue weighted by atomic mass is 10.1. The summed E-state index contributed by atoms with van der Waals surface area (Å²) in [5.41, 5.74) is 2.54. The molecule has 1 aromatic rings. The van der Waals surface area contributed by atoms with E-state index in [1.807, 2.05) is 12.1 Å². The van der Waals surface area contributed by atoms with Crippen LogP contribution in [0, 0.1) is 5.92 Å². The molecule has 0 saturated carbocycles. The smallest absolute Gasteiger partial charge is 0.0465 e. The van der Waals surface area contributed by atoms with Crippen LogP contribution in [-0.4, -0.2) is 11.7 Å². The molecule has 0 radical (unpaired) electrons. The molecule has 1 aromatic carbocycles. The van der Waals surface area contributed by atoms with Crippen LogP contribution in [0.2, 0.25) is 5.02 Å². The first-order valence-electron chi connectivity index (χ1n) is 4.18. The van der Waals surface area contributed by atoms with Gasteiger partial charge in [-0.15, -0.1) is 0 Å². The highest BCUT2D eigenvalue weighted by Crippen LogP contribution is 2.31. The second-order valence-electron chi connectivity index (χ2n) is 3.33. The average molecular weight is 183 g/mol. The maximum Gasteiger partial charge on any atom is 0.0465 e. The molecule has 0 aliphatic heterocycles. The number of rotatable bonds is 1. The SMILES string of the molecule is OCC1Cc2cccc(Cl)c2C1. The summed E-state index contributed by atoms with van der Waals surface area (Å²) in [5, 5.41) is 9.84. The Kier molecular flexibility index (Phi) is 2.07. The zero-order chi connectivity index (χ0) is 8.55. The molecule has 2 heteroatoms. The minimum absolute atomic E-state index is 0.269. The Morgan fingerprint density at radius 2 is 2.25 bits per heavy atom. The number of aliphatic hydroxyl groups is 1. The summed E-state index contributed by atoms with van der Waals surface area (Å²) in [6.45, 7) is 0.269. The Morgan fingerprint density at radius 3 is 2.92 bits per heavy atom. The normalized spacial score (nSPS) is 21.0. The molecule has 1 aliphatic carbocycles. The van der Waals surface area contributed by atoms with E-state index in [0.29, 0.717) is 5.92 Å². The van der Waals surface area contributed by atoms with Gasteiger partial charge in [0.15, 0.2) is 0 Å². The Labute approximate surface area is 77.0 Å². The third-order valence-corrected chi connectivity index (χ3v) is 2.83. The Bertz CT molecular complexity index is 296. The fraction of sp³-hybridized carbons (Fsp3) is 0.400. The predicted octanol–water partition coefficient (Wildman–Crippen LogP) is 2.05. The van der Waals surface area contributed by atoms with Crippen LogP contribution in [0.15, 0.2) is 18.2 Å². The van der Waals surface area contributed by atoms with Crippen LogP contribution >= 0.6 is 11.6 Å². The monoisotopic (exact) mass is 182 g/mol. The standard InChI is InChI=1S/C10H11ClO/c11-10-3-1-2-8-4-7(6-12)5-9(8)10/h1-3,7,12H,4-6H2. The van der Waals surface area contributed by atoms with Crippen molar-refractivity contribution in [3.05, 3.63) is 34.3 Å². The molecule has 0 amide bonds. The topological polar surface area (TPSA) is 20.2 Å². The number of halogens is 1.